The maximum atomic E-state index is 10.3. The molecule has 1 N–H and O–H groups in total. The van der Waals surface area contributed by atoms with Crippen LogP contribution in [-0.2, 0) is 10.1 Å². The summed E-state index contributed by atoms with van der Waals surface area (Å²) in [7, 11) is -3.91. The van der Waals surface area contributed by atoms with Crippen LogP contribution in [0.2, 0.25) is 0 Å². The van der Waals surface area contributed by atoms with Crippen molar-refractivity contribution >= 4 is 39.7 Å². The molecule has 0 saturated carbocycles. The predicted octanol–water partition coefficient (Wildman–Crippen LogP) is 2.49. The van der Waals surface area contributed by atoms with Gasteiger partial charge < -0.3 is 0 Å². The molecule has 0 aromatic heterocycles. The molecule has 5 heteroatoms. The summed E-state index contributed by atoms with van der Waals surface area (Å²) >= 11 is 0. The van der Waals surface area contributed by atoms with Crippen molar-refractivity contribution in [1.82, 2.24) is 0 Å². The molecule has 0 heterocycles. The molecule has 0 fully saturated rings. The maximum absolute atomic E-state index is 10.3. The number of rotatable bonds is 8. The second-order valence-corrected chi connectivity index (χ2v) is 4.75. The Hall–Kier alpha value is 0.650. The Kier molecular flexibility index (Phi) is 13.4. The van der Waals surface area contributed by atoms with Crippen molar-refractivity contribution in [3.05, 3.63) is 11.5 Å². The van der Waals surface area contributed by atoms with Gasteiger partial charge in [0.05, 0.1) is 5.41 Å². The van der Waals surface area contributed by atoms with Crippen LogP contribution in [0, 0.1) is 0 Å². The van der Waals surface area contributed by atoms with Crippen LogP contribution < -0.4 is 0 Å². The van der Waals surface area contributed by atoms with E-state index in [1.807, 2.05) is 0 Å². The molecule has 0 spiro atoms. The molecule has 0 saturated heterocycles. The molecule has 0 aliphatic rings. The first-order chi connectivity index (χ1) is 6.56. The van der Waals surface area contributed by atoms with Gasteiger partial charge in [-0.1, -0.05) is 45.1 Å². The molecule has 0 aliphatic carbocycles. The summed E-state index contributed by atoms with van der Waals surface area (Å²) in [5, 5.41) is 0.860. The fraction of sp³-hybridized carbons (Fsp3) is 0.800. The van der Waals surface area contributed by atoms with Crippen molar-refractivity contribution in [2.24, 2.45) is 0 Å². The van der Waals surface area contributed by atoms with E-state index in [0.29, 0.717) is 0 Å². The van der Waals surface area contributed by atoms with Crippen LogP contribution >= 0.6 is 0 Å². The third-order valence-corrected chi connectivity index (χ3v) is 2.53. The Bertz CT molecular complexity index is 247. The van der Waals surface area contributed by atoms with Gasteiger partial charge in [-0.15, -0.1) is 0 Å². The Morgan fingerprint density at radius 2 is 1.60 bits per heavy atom. The first kappa shape index (κ1) is 18.0. The molecule has 15 heavy (non-hydrogen) atoms. The van der Waals surface area contributed by atoms with Crippen LogP contribution in [0.25, 0.3) is 0 Å². The van der Waals surface area contributed by atoms with Gasteiger partial charge in [0.2, 0.25) is 0 Å². The van der Waals surface area contributed by atoms with Gasteiger partial charge in [0.25, 0.3) is 10.1 Å². The summed E-state index contributed by atoms with van der Waals surface area (Å²) < 4.78 is 28.9. The van der Waals surface area contributed by atoms with Crippen LogP contribution in [0.15, 0.2) is 11.5 Å². The third-order valence-electron chi connectivity index (χ3n) is 1.99. The second-order valence-electron chi connectivity index (χ2n) is 3.44. The topological polar surface area (TPSA) is 54.4 Å². The van der Waals surface area contributed by atoms with Crippen LogP contribution in [0.5, 0.6) is 0 Å². The molecule has 0 aliphatic heterocycles. The van der Waals surface area contributed by atoms with Gasteiger partial charge in [-0.05, 0) is 12.8 Å². The van der Waals surface area contributed by atoms with Crippen molar-refractivity contribution in [1.29, 1.82) is 0 Å². The van der Waals surface area contributed by atoms with Crippen LogP contribution in [0.4, 0.5) is 0 Å². The summed E-state index contributed by atoms with van der Waals surface area (Å²) in [6, 6.07) is 0. The van der Waals surface area contributed by atoms with Crippen molar-refractivity contribution in [3.63, 3.8) is 0 Å². The summed E-state index contributed by atoms with van der Waals surface area (Å²) in [5.74, 6) is 0. The van der Waals surface area contributed by atoms with Gasteiger partial charge in [-0.2, -0.15) is 8.42 Å². The minimum atomic E-state index is -3.91. The Morgan fingerprint density at radius 1 is 1.07 bits per heavy atom. The summed E-state index contributed by atoms with van der Waals surface area (Å²) in [4.78, 5) is 0. The van der Waals surface area contributed by atoms with E-state index in [1.165, 1.54) is 31.8 Å². The van der Waals surface area contributed by atoms with E-state index in [9.17, 15) is 8.42 Å². The van der Waals surface area contributed by atoms with Crippen molar-refractivity contribution in [2.75, 3.05) is 0 Å². The van der Waals surface area contributed by atoms with E-state index >= 15 is 0 Å². The summed E-state index contributed by atoms with van der Waals surface area (Å²) in [6.07, 6.45) is 9.36. The zero-order valence-corrected chi connectivity index (χ0v) is 9.59. The molecule has 0 aromatic carbocycles. The monoisotopic (exact) mass is 244 g/mol. The van der Waals surface area contributed by atoms with Crippen molar-refractivity contribution in [3.8, 4) is 0 Å². The fourth-order valence-electron chi connectivity index (χ4n) is 1.23. The number of hydrogen-bond acceptors (Lipinski definition) is 2. The first-order valence-corrected chi connectivity index (χ1v) is 6.70. The van der Waals surface area contributed by atoms with Gasteiger partial charge in [0, 0.05) is 0 Å². The zero-order valence-electron chi connectivity index (χ0n) is 8.78. The fourth-order valence-corrected chi connectivity index (χ4v) is 1.61. The Labute approximate surface area is 115 Å². The third kappa shape index (κ3) is 17.3. The summed E-state index contributed by atoms with van der Waals surface area (Å²) in [5.41, 5.74) is 0. The van der Waals surface area contributed by atoms with E-state index in [2.05, 4.69) is 6.92 Å². The number of hydrogen-bond donors (Lipinski definition) is 1. The molecule has 3 nitrogen and oxygen atoms in total. The molecule has 0 amide bonds. The van der Waals surface area contributed by atoms with E-state index in [0.717, 1.165) is 24.7 Å². The van der Waals surface area contributed by atoms with Gasteiger partial charge in [0.1, 0.15) is 0 Å². The molecule has 0 bridgehead atoms. The molecule has 0 unspecified atom stereocenters. The van der Waals surface area contributed by atoms with Gasteiger partial charge in [-0.25, -0.2) is 0 Å². The van der Waals surface area contributed by atoms with E-state index in [4.69, 9.17) is 4.55 Å². The van der Waals surface area contributed by atoms with Crippen LogP contribution in [0.3, 0.4) is 0 Å². The predicted molar refractivity (Wildman–Crippen MR) is 65.8 cm³/mol. The van der Waals surface area contributed by atoms with Gasteiger partial charge in [-0.3, -0.25) is 4.55 Å². The second kappa shape index (κ2) is 11.1. The zero-order chi connectivity index (χ0) is 10.9. The first-order valence-electron chi connectivity index (χ1n) is 5.20. The average molecular weight is 244 g/mol. The average Bonchev–Trinajstić information content (AvgIpc) is 2.08. The van der Waals surface area contributed by atoms with Gasteiger partial charge >= 0.3 is 29.6 Å². The van der Waals surface area contributed by atoms with Gasteiger partial charge in [0.15, 0.2) is 0 Å². The van der Waals surface area contributed by atoms with Crippen molar-refractivity contribution in [2.45, 2.75) is 51.9 Å². The molecule has 0 atom stereocenters. The molecular formula is C10H21NaO3S. The van der Waals surface area contributed by atoms with Crippen LogP contribution in [-0.4, -0.2) is 42.5 Å². The number of unbranched alkanes of at least 4 members (excludes halogenated alkanes) is 6. The molecule has 0 aromatic rings. The summed E-state index contributed by atoms with van der Waals surface area (Å²) in [6.45, 7) is 2.18. The van der Waals surface area contributed by atoms with E-state index < -0.39 is 10.1 Å². The molecule has 0 rings (SSSR count). The quantitative estimate of drug-likeness (QED) is 0.405. The van der Waals surface area contributed by atoms with E-state index in [1.54, 1.807) is 0 Å². The molecular weight excluding hydrogens is 223 g/mol. The normalized spacial score (nSPS) is 11.6. The van der Waals surface area contributed by atoms with Crippen LogP contribution in [0.1, 0.15) is 51.9 Å². The molecule has 86 valence electrons. The Morgan fingerprint density at radius 3 is 2.13 bits per heavy atom. The van der Waals surface area contributed by atoms with Crippen molar-refractivity contribution < 1.29 is 13.0 Å². The Balaban J connectivity index is 0. The minimum absolute atomic E-state index is 0. The molecule has 0 radical (unpaired) electrons. The number of allylic oxidation sites excluding steroid dienone is 1. The SMILES string of the molecule is CCCCCCCC/C=C/S(=O)(=O)O.[NaH]. The standard InChI is InChI=1S/C10H20O3S.Na.H/c1-2-3-4-5-6-7-8-9-10-14(11,12)13;;/h9-10H,2-8H2,1H3,(H,11,12,13);;/b10-9+;;. The van der Waals surface area contributed by atoms with E-state index in [-0.39, 0.29) is 29.6 Å².